The van der Waals surface area contributed by atoms with Gasteiger partial charge in [0.15, 0.2) is 6.61 Å². The van der Waals surface area contributed by atoms with Gasteiger partial charge in [-0.25, -0.2) is 0 Å². The van der Waals surface area contributed by atoms with Gasteiger partial charge in [0.05, 0.1) is 6.04 Å². The van der Waals surface area contributed by atoms with Crippen molar-refractivity contribution in [2.75, 3.05) is 0 Å². The molecule has 1 N–H and O–H groups in total. The second-order valence-corrected chi connectivity index (χ2v) is 6.66. The monoisotopic (exact) mass is 363 g/mol. The first-order valence-electron chi connectivity index (χ1n) is 9.10. The second kappa shape index (κ2) is 7.61. The van der Waals surface area contributed by atoms with E-state index in [1.165, 1.54) is 11.1 Å². The number of nitrogens with one attached hydrogen (secondary N) is 1. The minimum atomic E-state index is -0.0722. The quantitative estimate of drug-likeness (QED) is 0.747. The van der Waals surface area contributed by atoms with Crippen molar-refractivity contribution in [3.05, 3.63) is 76.9 Å². The summed E-state index contributed by atoms with van der Waals surface area (Å²) >= 11 is 0. The number of benzene rings is 2. The van der Waals surface area contributed by atoms with Crippen molar-refractivity contribution in [1.29, 1.82) is 0 Å². The van der Waals surface area contributed by atoms with Gasteiger partial charge in [0.25, 0.3) is 5.91 Å². The van der Waals surface area contributed by atoms with Gasteiger partial charge in [-0.15, -0.1) is 0 Å². The van der Waals surface area contributed by atoms with Gasteiger partial charge in [0.2, 0.25) is 11.7 Å². The van der Waals surface area contributed by atoms with Gasteiger partial charge in [0.1, 0.15) is 5.75 Å². The first-order chi connectivity index (χ1) is 13.2. The molecule has 0 fully saturated rings. The highest BCUT2D eigenvalue weighted by Gasteiger charge is 2.21. The molecule has 0 saturated heterocycles. The van der Waals surface area contributed by atoms with Crippen LogP contribution < -0.4 is 10.1 Å². The van der Waals surface area contributed by atoms with Crippen LogP contribution in [0.2, 0.25) is 0 Å². The number of ether oxygens (including phenoxy) is 1. The number of carbonyl (C=O) groups excluding carboxylic acids is 1. The molecular formula is C21H21N3O3. The Balaban J connectivity index is 1.38. The summed E-state index contributed by atoms with van der Waals surface area (Å²) in [6.07, 6.45) is 3.13. The van der Waals surface area contributed by atoms with Crippen LogP contribution in [0.3, 0.4) is 0 Å². The van der Waals surface area contributed by atoms with Crippen molar-refractivity contribution in [3.8, 4) is 5.75 Å². The summed E-state index contributed by atoms with van der Waals surface area (Å²) in [6.45, 7) is 1.95. The van der Waals surface area contributed by atoms with E-state index in [9.17, 15) is 4.79 Å². The van der Waals surface area contributed by atoms with E-state index in [4.69, 9.17) is 9.26 Å². The fourth-order valence-corrected chi connectivity index (χ4v) is 3.40. The molecule has 138 valence electrons. The van der Waals surface area contributed by atoms with Crippen LogP contribution in [0.5, 0.6) is 5.75 Å². The Morgan fingerprint density at radius 3 is 2.81 bits per heavy atom. The molecule has 0 radical (unpaired) electrons. The summed E-state index contributed by atoms with van der Waals surface area (Å²) in [5, 5.41) is 6.94. The Morgan fingerprint density at radius 1 is 1.22 bits per heavy atom. The van der Waals surface area contributed by atoms with Crippen molar-refractivity contribution >= 4 is 5.91 Å². The SMILES string of the molecule is Cc1nc(COc2ccc(C(=O)N[C@@H]3CCCc4ccccc43)cc2)no1. The number of fused-ring (bicyclic) bond motifs is 1. The number of hydrogen-bond donors (Lipinski definition) is 1. The number of rotatable bonds is 5. The highest BCUT2D eigenvalue weighted by Crippen LogP contribution is 2.29. The van der Waals surface area contributed by atoms with Crippen LogP contribution in [-0.2, 0) is 13.0 Å². The standard InChI is InChI=1S/C21H21N3O3/c1-14-22-20(24-27-14)13-26-17-11-9-16(10-12-17)21(25)23-19-8-4-6-15-5-2-3-7-18(15)19/h2-3,5,7,9-12,19H,4,6,8,13H2,1H3,(H,23,25)/t19-/m1/s1. The van der Waals surface area contributed by atoms with E-state index in [-0.39, 0.29) is 18.6 Å². The van der Waals surface area contributed by atoms with Gasteiger partial charge in [-0.1, -0.05) is 29.4 Å². The maximum Gasteiger partial charge on any atom is 0.251 e. The third kappa shape index (κ3) is 4.00. The van der Waals surface area contributed by atoms with Crippen LogP contribution in [-0.4, -0.2) is 16.0 Å². The van der Waals surface area contributed by atoms with E-state index in [1.807, 2.05) is 6.07 Å². The number of aryl methyl sites for hydroxylation is 2. The van der Waals surface area contributed by atoms with Crippen LogP contribution in [0, 0.1) is 6.92 Å². The summed E-state index contributed by atoms with van der Waals surface area (Å²) in [5.74, 6) is 1.57. The fraction of sp³-hybridized carbons (Fsp3) is 0.286. The molecule has 27 heavy (non-hydrogen) atoms. The lowest BCUT2D eigenvalue weighted by atomic mass is 9.87. The van der Waals surface area contributed by atoms with Gasteiger partial charge in [-0.2, -0.15) is 4.98 Å². The van der Waals surface area contributed by atoms with Crippen molar-refractivity contribution in [2.45, 2.75) is 38.8 Å². The normalized spacial score (nSPS) is 15.8. The molecule has 6 heteroatoms. The fourth-order valence-electron chi connectivity index (χ4n) is 3.40. The summed E-state index contributed by atoms with van der Waals surface area (Å²) in [5.41, 5.74) is 3.17. The molecule has 3 aromatic rings. The minimum absolute atomic E-state index is 0.0693. The first-order valence-corrected chi connectivity index (χ1v) is 9.10. The number of aromatic nitrogens is 2. The summed E-state index contributed by atoms with van der Waals surface area (Å²) in [6, 6.07) is 15.5. The second-order valence-electron chi connectivity index (χ2n) is 6.66. The van der Waals surface area contributed by atoms with E-state index < -0.39 is 0 Å². The van der Waals surface area contributed by atoms with E-state index >= 15 is 0 Å². The van der Waals surface area contributed by atoms with Crippen molar-refractivity contribution in [2.24, 2.45) is 0 Å². The molecular weight excluding hydrogens is 342 g/mol. The van der Waals surface area contributed by atoms with Crippen molar-refractivity contribution in [3.63, 3.8) is 0 Å². The molecule has 0 spiro atoms. The van der Waals surface area contributed by atoms with Crippen LogP contribution >= 0.6 is 0 Å². The Kier molecular flexibility index (Phi) is 4.87. The van der Waals surface area contributed by atoms with Gasteiger partial charge < -0.3 is 14.6 Å². The maximum atomic E-state index is 12.6. The third-order valence-corrected chi connectivity index (χ3v) is 4.73. The molecule has 0 aliphatic heterocycles. The Morgan fingerprint density at radius 2 is 2.04 bits per heavy atom. The zero-order valence-electron chi connectivity index (χ0n) is 15.1. The van der Waals surface area contributed by atoms with Crippen LogP contribution in [0.25, 0.3) is 0 Å². The van der Waals surface area contributed by atoms with Crippen molar-refractivity contribution < 1.29 is 14.1 Å². The molecule has 2 aromatic carbocycles. The van der Waals surface area contributed by atoms with E-state index in [1.54, 1.807) is 31.2 Å². The zero-order chi connectivity index (χ0) is 18.6. The molecule has 0 saturated carbocycles. The minimum Gasteiger partial charge on any atom is -0.485 e. The van der Waals surface area contributed by atoms with Crippen LogP contribution in [0.4, 0.5) is 0 Å². The highest BCUT2D eigenvalue weighted by molar-refractivity contribution is 5.94. The summed E-state index contributed by atoms with van der Waals surface area (Å²) in [7, 11) is 0. The average Bonchev–Trinajstić information content (AvgIpc) is 3.12. The van der Waals surface area contributed by atoms with Gasteiger partial charge >= 0.3 is 0 Å². The topological polar surface area (TPSA) is 77.2 Å². The lowest BCUT2D eigenvalue weighted by Crippen LogP contribution is -2.30. The van der Waals surface area contributed by atoms with Crippen LogP contribution in [0.1, 0.15) is 52.1 Å². The molecule has 1 aliphatic carbocycles. The van der Waals surface area contributed by atoms with E-state index in [2.05, 4.69) is 33.7 Å². The smallest absolute Gasteiger partial charge is 0.251 e. The zero-order valence-corrected chi connectivity index (χ0v) is 15.1. The molecule has 0 bridgehead atoms. The Labute approximate surface area is 157 Å². The maximum absolute atomic E-state index is 12.6. The predicted molar refractivity (Wildman–Crippen MR) is 99.4 cm³/mol. The Hall–Kier alpha value is -3.15. The predicted octanol–water partition coefficient (Wildman–Crippen LogP) is 3.76. The number of hydrogen-bond acceptors (Lipinski definition) is 5. The van der Waals surface area contributed by atoms with Crippen molar-refractivity contribution in [1.82, 2.24) is 15.5 Å². The van der Waals surface area contributed by atoms with E-state index in [0.717, 1.165) is 19.3 Å². The molecule has 1 aliphatic rings. The molecule has 6 nitrogen and oxygen atoms in total. The van der Waals surface area contributed by atoms with Gasteiger partial charge in [-0.3, -0.25) is 4.79 Å². The highest BCUT2D eigenvalue weighted by atomic mass is 16.5. The van der Waals surface area contributed by atoms with E-state index in [0.29, 0.717) is 23.0 Å². The number of amides is 1. The molecule has 0 unspecified atom stereocenters. The lowest BCUT2D eigenvalue weighted by Gasteiger charge is -2.26. The van der Waals surface area contributed by atoms with Gasteiger partial charge in [-0.05, 0) is 54.7 Å². The summed E-state index contributed by atoms with van der Waals surface area (Å²) in [4.78, 5) is 16.7. The number of carbonyl (C=O) groups is 1. The molecule has 1 aromatic heterocycles. The molecule has 1 amide bonds. The average molecular weight is 363 g/mol. The third-order valence-electron chi connectivity index (χ3n) is 4.73. The molecule has 1 heterocycles. The van der Waals surface area contributed by atoms with Gasteiger partial charge in [0, 0.05) is 12.5 Å². The lowest BCUT2D eigenvalue weighted by molar-refractivity contribution is 0.0932. The summed E-state index contributed by atoms with van der Waals surface area (Å²) < 4.78 is 10.5. The van der Waals surface area contributed by atoms with Crippen LogP contribution in [0.15, 0.2) is 53.1 Å². The number of nitrogens with zero attached hydrogens (tertiary/aromatic N) is 2. The largest absolute Gasteiger partial charge is 0.485 e. The molecule has 1 atom stereocenters. The molecule has 4 rings (SSSR count). The first kappa shape index (κ1) is 17.3. The Bertz CT molecular complexity index is 934.